The number of aliphatic hydroxyl groups excluding tert-OH is 2. The number of nitrogens with one attached hydrogen (secondary N) is 2. The number of allylic oxidation sites excluding steroid dienone is 1. The lowest BCUT2D eigenvalue weighted by Gasteiger charge is -2.49. The first kappa shape index (κ1) is 39.0. The molecule has 0 aliphatic heterocycles. The number of anilines is 3. The molecular weight excluding hydrogens is 714 g/mol. The highest BCUT2D eigenvalue weighted by Crippen LogP contribution is 2.75. The fraction of sp³-hybridized carbons (Fsp3) is 0.409. The Morgan fingerprint density at radius 2 is 1.48 bits per heavy atom. The number of phenolic OH excluding ortho intramolecular Hbond substituents is 1. The van der Waals surface area contributed by atoms with Crippen molar-refractivity contribution in [1.29, 1.82) is 0 Å². The van der Waals surface area contributed by atoms with E-state index in [1.165, 1.54) is 30.3 Å². The molecule has 0 heterocycles. The third kappa shape index (κ3) is 5.60. The molecule has 12 nitrogen and oxygen atoms in total. The van der Waals surface area contributed by atoms with E-state index in [2.05, 4.69) is 24.5 Å². The van der Waals surface area contributed by atoms with Gasteiger partial charge in [-0.1, -0.05) is 63.3 Å². The number of carbonyl (C=O) groups is 4. The average Bonchev–Trinajstić information content (AvgIpc) is 3.68. The number of hydrogen-bond donors (Lipinski definition) is 6. The molecule has 8 atom stereocenters. The summed E-state index contributed by atoms with van der Waals surface area (Å²) < 4.78 is 5.80. The average molecular weight is 764 g/mol. The molecule has 2 amide bonds. The van der Waals surface area contributed by atoms with Crippen LogP contribution >= 0.6 is 0 Å². The highest BCUT2D eigenvalue weighted by molar-refractivity contribution is 6.16. The first-order chi connectivity index (χ1) is 26.3. The Kier molecular flexibility index (Phi) is 9.34. The van der Waals surface area contributed by atoms with Gasteiger partial charge in [-0.05, 0) is 91.0 Å². The van der Waals surface area contributed by atoms with Gasteiger partial charge in [0.15, 0.2) is 5.78 Å². The highest BCUT2D eigenvalue weighted by atomic mass is 16.5. The molecule has 294 valence electrons. The summed E-state index contributed by atoms with van der Waals surface area (Å²) in [5.41, 5.74) is -4.00. The number of hydrogen-bond acceptors (Lipinski definition) is 10. The smallest absolute Gasteiger partial charge is 0.340 e. The molecule has 2 saturated carbocycles. The second kappa shape index (κ2) is 13.4. The molecule has 2 fully saturated rings. The molecule has 6 N–H and O–H groups in total. The van der Waals surface area contributed by atoms with Gasteiger partial charge in [-0.3, -0.25) is 14.4 Å². The maximum Gasteiger partial charge on any atom is 0.340 e. The summed E-state index contributed by atoms with van der Waals surface area (Å²) in [5, 5.41) is 52.1. The quantitative estimate of drug-likeness (QED) is 0.0994. The zero-order valence-corrected chi connectivity index (χ0v) is 32.6. The number of aromatic hydroxyl groups is 1. The lowest BCUT2D eigenvalue weighted by molar-refractivity contribution is -0.192. The highest BCUT2D eigenvalue weighted by Gasteiger charge is 2.78. The van der Waals surface area contributed by atoms with Gasteiger partial charge in [-0.25, -0.2) is 4.79 Å². The van der Waals surface area contributed by atoms with Gasteiger partial charge < -0.3 is 40.7 Å². The lowest BCUT2D eigenvalue weighted by atomic mass is 9.57. The predicted octanol–water partition coefficient (Wildman–Crippen LogP) is 5.35. The van der Waals surface area contributed by atoms with Gasteiger partial charge >= 0.3 is 5.97 Å². The van der Waals surface area contributed by atoms with Crippen molar-refractivity contribution in [3.05, 3.63) is 107 Å². The van der Waals surface area contributed by atoms with E-state index in [0.29, 0.717) is 23.2 Å². The molecule has 3 aromatic rings. The zero-order valence-electron chi connectivity index (χ0n) is 32.6. The van der Waals surface area contributed by atoms with Gasteiger partial charge in [0.2, 0.25) is 0 Å². The number of phenols is 1. The van der Waals surface area contributed by atoms with Crippen LogP contribution in [0.3, 0.4) is 0 Å². The second-order valence-corrected chi connectivity index (χ2v) is 16.9. The van der Waals surface area contributed by atoms with E-state index in [-0.39, 0.29) is 56.9 Å². The van der Waals surface area contributed by atoms with Crippen LogP contribution in [0.15, 0.2) is 90.0 Å². The molecule has 0 aromatic heterocycles. The minimum absolute atomic E-state index is 0.0429. The molecule has 12 heteroatoms. The maximum absolute atomic E-state index is 14.9. The van der Waals surface area contributed by atoms with E-state index in [4.69, 9.17) is 4.74 Å². The zero-order chi connectivity index (χ0) is 40.7. The van der Waals surface area contributed by atoms with Gasteiger partial charge in [-0.15, -0.1) is 0 Å². The molecule has 3 aromatic carbocycles. The molecule has 4 aliphatic carbocycles. The molecule has 1 spiro atoms. The molecule has 0 radical (unpaired) electrons. The van der Waals surface area contributed by atoms with Crippen molar-refractivity contribution in [2.24, 2.45) is 34.0 Å². The summed E-state index contributed by atoms with van der Waals surface area (Å²) in [6.45, 7) is 9.06. The molecule has 0 saturated heterocycles. The lowest BCUT2D eigenvalue weighted by Crippen LogP contribution is -2.65. The number of rotatable bonds is 8. The summed E-state index contributed by atoms with van der Waals surface area (Å²) in [7, 11) is 3.58. The number of aliphatic hydroxyl groups is 3. The number of fused-ring (bicyclic) bond motifs is 3. The number of amides is 2. The van der Waals surface area contributed by atoms with E-state index in [1.807, 2.05) is 13.8 Å². The first-order valence-corrected chi connectivity index (χ1v) is 18.8. The van der Waals surface area contributed by atoms with Crippen LogP contribution in [0.1, 0.15) is 72.1 Å². The van der Waals surface area contributed by atoms with Gasteiger partial charge in [-0.2, -0.15) is 0 Å². The van der Waals surface area contributed by atoms with E-state index >= 15 is 0 Å². The van der Waals surface area contributed by atoms with Crippen LogP contribution in [0.5, 0.6) is 5.75 Å². The summed E-state index contributed by atoms with van der Waals surface area (Å²) in [4.78, 5) is 57.7. The number of benzene rings is 3. The van der Waals surface area contributed by atoms with Crippen molar-refractivity contribution in [1.82, 2.24) is 0 Å². The SMILES string of the molecule is CC1=C[C@]23C(=O)[C@@](C)(C=C(COC(=O)c4ccccc4NC(=O)c4cccc(O)c4NC(=O)c4ccccc4N(C)C)[C@@H](O)[C@]2(O)[C@H]1O)[C@H]1[C@@H](C[C@H]3C)C1(C)C. The van der Waals surface area contributed by atoms with Crippen LogP contribution in [0.25, 0.3) is 0 Å². The van der Waals surface area contributed by atoms with Gasteiger partial charge in [0, 0.05) is 25.2 Å². The topological polar surface area (TPSA) is 186 Å². The Hall–Kier alpha value is -5.30. The van der Waals surface area contributed by atoms with Crippen LogP contribution in [-0.2, 0) is 9.53 Å². The van der Waals surface area contributed by atoms with E-state index < -0.39 is 58.9 Å². The molecule has 7 rings (SSSR count). The third-order valence-corrected chi connectivity index (χ3v) is 13.1. The Balaban J connectivity index is 1.16. The number of ether oxygens (including phenoxy) is 1. The Bertz CT molecular complexity index is 2230. The first-order valence-electron chi connectivity index (χ1n) is 18.8. The number of para-hydroxylation sites is 3. The van der Waals surface area contributed by atoms with Crippen molar-refractivity contribution < 1.29 is 44.3 Å². The molecule has 0 unspecified atom stereocenters. The Morgan fingerprint density at radius 3 is 2.18 bits per heavy atom. The van der Waals surface area contributed by atoms with Crippen LogP contribution in [0, 0.1) is 34.0 Å². The van der Waals surface area contributed by atoms with Crippen molar-refractivity contribution >= 4 is 40.6 Å². The third-order valence-electron chi connectivity index (χ3n) is 13.1. The standard InChI is InChI=1S/C44H49N3O9/c1-23-20-43-24(2)19-29-34(41(29,3)4)42(5,40(43)54)21-25(36(50)44(43,55)35(23)49)22-56-39(53)26-13-8-10-16-30(26)45-38(52)28-15-12-18-32(48)33(28)46-37(51)27-14-9-11-17-31(27)47(6)7/h8-18,20-21,24,29,34-36,48-50,55H,19,22H2,1-7H3,(H,45,52)(H,46,51)/t24-,29-,34+,35+,36-,42+,43+,44-/m1/s1. The summed E-state index contributed by atoms with van der Waals surface area (Å²) in [6, 6.07) is 17.2. The molecule has 56 heavy (non-hydrogen) atoms. The number of ketones is 1. The Morgan fingerprint density at radius 1 is 0.857 bits per heavy atom. The normalized spacial score (nSPS) is 31.0. The Labute approximate surface area is 325 Å². The van der Waals surface area contributed by atoms with Crippen molar-refractivity contribution in [2.75, 3.05) is 36.2 Å². The number of nitrogens with zero attached hydrogens (tertiary/aromatic N) is 1. The fourth-order valence-electron chi connectivity index (χ4n) is 10.3. The van der Waals surface area contributed by atoms with Crippen molar-refractivity contribution in [2.45, 2.75) is 58.8 Å². The van der Waals surface area contributed by atoms with Crippen molar-refractivity contribution in [3.63, 3.8) is 0 Å². The number of Topliss-reactive ketones (excluding diaryl/α,β-unsaturated/α-hetero) is 1. The van der Waals surface area contributed by atoms with Crippen LogP contribution < -0.4 is 15.5 Å². The number of carbonyl (C=O) groups excluding carboxylic acids is 4. The molecular formula is C44H49N3O9. The van der Waals surface area contributed by atoms with Crippen LogP contribution in [-0.4, -0.2) is 82.5 Å². The number of esters is 1. The van der Waals surface area contributed by atoms with E-state index in [9.17, 15) is 39.6 Å². The van der Waals surface area contributed by atoms with Gasteiger partial charge in [0.05, 0.1) is 33.5 Å². The fourth-order valence-corrected chi connectivity index (χ4v) is 10.3. The predicted molar refractivity (Wildman–Crippen MR) is 210 cm³/mol. The maximum atomic E-state index is 14.9. The molecule has 4 aliphatic rings. The molecule has 2 bridgehead atoms. The minimum Gasteiger partial charge on any atom is -0.506 e. The van der Waals surface area contributed by atoms with Crippen LogP contribution in [0.2, 0.25) is 0 Å². The van der Waals surface area contributed by atoms with E-state index in [1.54, 1.807) is 74.5 Å². The largest absolute Gasteiger partial charge is 0.506 e. The monoisotopic (exact) mass is 763 g/mol. The van der Waals surface area contributed by atoms with E-state index in [0.717, 1.165) is 0 Å². The summed E-state index contributed by atoms with van der Waals surface area (Å²) >= 11 is 0. The van der Waals surface area contributed by atoms with Gasteiger partial charge in [0.25, 0.3) is 11.8 Å². The second-order valence-electron chi connectivity index (χ2n) is 16.9. The van der Waals surface area contributed by atoms with Crippen molar-refractivity contribution in [3.8, 4) is 5.75 Å². The van der Waals surface area contributed by atoms with Crippen LogP contribution in [0.4, 0.5) is 17.1 Å². The van der Waals surface area contributed by atoms with Gasteiger partial charge in [0.1, 0.15) is 30.2 Å². The summed E-state index contributed by atoms with van der Waals surface area (Å²) in [5.74, 6) is -3.15. The minimum atomic E-state index is -2.31. The summed E-state index contributed by atoms with van der Waals surface area (Å²) in [6.07, 6.45) is 0.626.